The summed E-state index contributed by atoms with van der Waals surface area (Å²) in [5.74, 6) is 0. The average molecular weight is 372 g/mol. The highest BCUT2D eigenvalue weighted by molar-refractivity contribution is 7.92. The maximum atomic E-state index is 13.3. The molecule has 0 aromatic heterocycles. The molecule has 3 aromatic rings. The summed E-state index contributed by atoms with van der Waals surface area (Å²) < 4.78 is 28.1. The number of anilines is 1. The first-order chi connectivity index (χ1) is 12.0. The number of rotatable bonds is 5. The summed E-state index contributed by atoms with van der Waals surface area (Å²) in [6.45, 7) is 1.87. The molecule has 0 amide bonds. The summed E-state index contributed by atoms with van der Waals surface area (Å²) in [5.41, 5.74) is 1.44. The number of hydrogen-bond donors (Lipinski definition) is 0. The highest BCUT2D eigenvalue weighted by Crippen LogP contribution is 2.34. The van der Waals surface area contributed by atoms with Gasteiger partial charge in [0.05, 0.1) is 16.6 Å². The van der Waals surface area contributed by atoms with Crippen LogP contribution in [-0.4, -0.2) is 8.42 Å². The summed E-state index contributed by atoms with van der Waals surface area (Å²) in [4.78, 5) is 0.248. The predicted molar refractivity (Wildman–Crippen MR) is 102 cm³/mol. The molecule has 0 fully saturated rings. The summed E-state index contributed by atoms with van der Waals surface area (Å²) in [6.07, 6.45) is 0. The standard InChI is InChI=1S/C20H18ClNO2S/c1-16(17-9-4-2-5-10-17)22(19-12-8-11-18(21)15-19)25(23,24)20-13-6-3-7-14-20/h2-16H,1H3/t16-/m1/s1. The van der Waals surface area contributed by atoms with Gasteiger partial charge in [-0.05, 0) is 42.8 Å². The Morgan fingerprint density at radius 1 is 0.840 bits per heavy atom. The normalized spacial score (nSPS) is 12.6. The molecule has 25 heavy (non-hydrogen) atoms. The minimum Gasteiger partial charge on any atom is -0.259 e. The molecule has 0 heterocycles. The average Bonchev–Trinajstić information content (AvgIpc) is 2.63. The SMILES string of the molecule is C[C@H](c1ccccc1)N(c1cccc(Cl)c1)S(=O)(=O)c1ccccc1. The van der Waals surface area contributed by atoms with Crippen molar-refractivity contribution in [3.63, 3.8) is 0 Å². The number of benzene rings is 3. The van der Waals surface area contributed by atoms with Crippen LogP contribution in [0.15, 0.2) is 89.8 Å². The van der Waals surface area contributed by atoms with Crippen molar-refractivity contribution in [1.82, 2.24) is 0 Å². The minimum atomic E-state index is -3.74. The van der Waals surface area contributed by atoms with E-state index in [0.717, 1.165) is 5.56 Å². The fraction of sp³-hybridized carbons (Fsp3) is 0.100. The molecule has 128 valence electrons. The minimum absolute atomic E-state index is 0.248. The molecule has 5 heteroatoms. The molecular formula is C20H18ClNO2S. The number of nitrogens with zero attached hydrogens (tertiary/aromatic N) is 1. The summed E-state index contributed by atoms with van der Waals surface area (Å²) in [7, 11) is -3.74. The van der Waals surface area contributed by atoms with Crippen molar-refractivity contribution in [3.8, 4) is 0 Å². The third-order valence-electron chi connectivity index (χ3n) is 4.00. The second kappa shape index (κ2) is 7.30. The van der Waals surface area contributed by atoms with Crippen LogP contribution in [0, 0.1) is 0 Å². The van der Waals surface area contributed by atoms with Crippen molar-refractivity contribution in [2.75, 3.05) is 4.31 Å². The zero-order chi connectivity index (χ0) is 17.9. The van der Waals surface area contributed by atoms with Crippen molar-refractivity contribution >= 4 is 27.3 Å². The molecule has 3 aromatic carbocycles. The highest BCUT2D eigenvalue weighted by Gasteiger charge is 2.30. The molecule has 0 aliphatic rings. The lowest BCUT2D eigenvalue weighted by molar-refractivity contribution is 0.583. The third-order valence-corrected chi connectivity index (χ3v) is 6.14. The van der Waals surface area contributed by atoms with E-state index in [1.165, 1.54) is 4.31 Å². The largest absolute Gasteiger partial charge is 0.264 e. The fourth-order valence-electron chi connectivity index (χ4n) is 2.76. The molecule has 3 rings (SSSR count). The van der Waals surface area contributed by atoms with Crippen molar-refractivity contribution in [1.29, 1.82) is 0 Å². The molecule has 3 nitrogen and oxygen atoms in total. The Labute approximate surface area is 153 Å². The van der Waals surface area contributed by atoms with Gasteiger partial charge in [-0.1, -0.05) is 66.2 Å². The third kappa shape index (κ3) is 3.70. The van der Waals surface area contributed by atoms with Gasteiger partial charge in [-0.15, -0.1) is 0 Å². The van der Waals surface area contributed by atoms with Gasteiger partial charge in [0.25, 0.3) is 10.0 Å². The number of halogens is 1. The molecule has 0 unspecified atom stereocenters. The fourth-order valence-corrected chi connectivity index (χ4v) is 4.60. The Morgan fingerprint density at radius 3 is 2.04 bits per heavy atom. The van der Waals surface area contributed by atoms with Gasteiger partial charge in [-0.2, -0.15) is 0 Å². The second-order valence-electron chi connectivity index (χ2n) is 5.68. The van der Waals surface area contributed by atoms with Gasteiger partial charge < -0.3 is 0 Å². The van der Waals surface area contributed by atoms with E-state index in [1.807, 2.05) is 37.3 Å². The van der Waals surface area contributed by atoms with Crippen LogP contribution in [0.5, 0.6) is 0 Å². The molecule has 0 N–H and O–H groups in total. The quantitative estimate of drug-likeness (QED) is 0.610. The number of hydrogen-bond acceptors (Lipinski definition) is 2. The first-order valence-corrected chi connectivity index (χ1v) is 9.72. The molecule has 0 bridgehead atoms. The van der Waals surface area contributed by atoms with Crippen LogP contribution in [0.25, 0.3) is 0 Å². The Bertz CT molecular complexity index is 944. The van der Waals surface area contributed by atoms with Crippen molar-refractivity contribution < 1.29 is 8.42 Å². The zero-order valence-electron chi connectivity index (χ0n) is 13.7. The lowest BCUT2D eigenvalue weighted by Gasteiger charge is -2.31. The van der Waals surface area contributed by atoms with Crippen molar-refractivity contribution in [3.05, 3.63) is 95.5 Å². The first-order valence-electron chi connectivity index (χ1n) is 7.90. The van der Waals surface area contributed by atoms with Gasteiger partial charge in [0.2, 0.25) is 0 Å². The van der Waals surface area contributed by atoms with E-state index < -0.39 is 10.0 Å². The van der Waals surface area contributed by atoms with Crippen molar-refractivity contribution in [2.45, 2.75) is 17.9 Å². The van der Waals surface area contributed by atoms with Gasteiger partial charge in [0.1, 0.15) is 0 Å². The molecule has 0 saturated heterocycles. The van der Waals surface area contributed by atoms with E-state index in [2.05, 4.69) is 0 Å². The van der Waals surface area contributed by atoms with Gasteiger partial charge in [0, 0.05) is 5.02 Å². The van der Waals surface area contributed by atoms with Gasteiger partial charge in [-0.25, -0.2) is 8.42 Å². The Hall–Kier alpha value is -2.30. The van der Waals surface area contributed by atoms with Gasteiger partial charge in [-0.3, -0.25) is 4.31 Å². The predicted octanol–water partition coefficient (Wildman–Crippen LogP) is 5.30. The zero-order valence-corrected chi connectivity index (χ0v) is 15.3. The Kier molecular flexibility index (Phi) is 5.11. The van der Waals surface area contributed by atoms with E-state index >= 15 is 0 Å². The van der Waals surface area contributed by atoms with E-state index in [0.29, 0.717) is 10.7 Å². The van der Waals surface area contributed by atoms with E-state index in [-0.39, 0.29) is 10.9 Å². The topological polar surface area (TPSA) is 37.4 Å². The van der Waals surface area contributed by atoms with E-state index in [9.17, 15) is 8.42 Å². The lowest BCUT2D eigenvalue weighted by Crippen LogP contribution is -2.33. The summed E-state index contributed by atoms with van der Waals surface area (Å²) >= 11 is 6.11. The monoisotopic (exact) mass is 371 g/mol. The molecule has 0 aliphatic heterocycles. The van der Waals surface area contributed by atoms with Gasteiger partial charge in [0.15, 0.2) is 0 Å². The lowest BCUT2D eigenvalue weighted by atomic mass is 10.1. The second-order valence-corrected chi connectivity index (χ2v) is 7.93. The van der Waals surface area contributed by atoms with Crippen molar-refractivity contribution in [2.24, 2.45) is 0 Å². The molecule has 0 radical (unpaired) electrons. The molecule has 1 atom stereocenters. The summed E-state index contributed by atoms with van der Waals surface area (Å²) in [6, 6.07) is 24.5. The van der Waals surface area contributed by atoms with Gasteiger partial charge >= 0.3 is 0 Å². The molecular weight excluding hydrogens is 354 g/mol. The first kappa shape index (κ1) is 17.5. The summed E-state index contributed by atoms with van der Waals surface area (Å²) in [5, 5.41) is 0.492. The molecule has 0 saturated carbocycles. The highest BCUT2D eigenvalue weighted by atomic mass is 35.5. The van der Waals surface area contributed by atoms with Crippen LogP contribution in [0.1, 0.15) is 18.5 Å². The van der Waals surface area contributed by atoms with E-state index in [4.69, 9.17) is 11.6 Å². The smallest absolute Gasteiger partial charge is 0.259 e. The molecule has 0 aliphatic carbocycles. The van der Waals surface area contributed by atoms with Crippen LogP contribution in [0.2, 0.25) is 5.02 Å². The number of sulfonamides is 1. The van der Waals surface area contributed by atoms with Crippen LogP contribution in [0.4, 0.5) is 5.69 Å². The Balaban J connectivity index is 2.16. The van der Waals surface area contributed by atoms with Crippen LogP contribution in [-0.2, 0) is 10.0 Å². The maximum Gasteiger partial charge on any atom is 0.264 e. The Morgan fingerprint density at radius 2 is 1.44 bits per heavy atom. The van der Waals surface area contributed by atoms with Crippen LogP contribution < -0.4 is 4.31 Å². The molecule has 0 spiro atoms. The van der Waals surface area contributed by atoms with Crippen LogP contribution >= 0.6 is 11.6 Å². The van der Waals surface area contributed by atoms with Crippen LogP contribution in [0.3, 0.4) is 0 Å². The van der Waals surface area contributed by atoms with E-state index in [1.54, 1.807) is 54.6 Å². The maximum absolute atomic E-state index is 13.3.